The summed E-state index contributed by atoms with van der Waals surface area (Å²) in [7, 11) is 0. The summed E-state index contributed by atoms with van der Waals surface area (Å²) < 4.78 is 10.4. The van der Waals surface area contributed by atoms with E-state index < -0.39 is 47.4 Å². The Bertz CT molecular complexity index is 606. The highest BCUT2D eigenvalue weighted by Crippen LogP contribution is 2.18. The Morgan fingerprint density at radius 3 is 2.18 bits per heavy atom. The smallest absolute Gasteiger partial charge is 0.408 e. The largest absolute Gasteiger partial charge is 0.458 e. The molecular formula is C18H30N2O8. The third kappa shape index (κ3) is 8.55. The quantitative estimate of drug-likeness (QED) is 0.637. The van der Waals surface area contributed by atoms with Crippen molar-refractivity contribution in [1.82, 2.24) is 10.4 Å². The summed E-state index contributed by atoms with van der Waals surface area (Å²) in [5, 5.41) is 12.6. The summed E-state index contributed by atoms with van der Waals surface area (Å²) in [6.45, 7) is 10.0. The van der Waals surface area contributed by atoms with E-state index in [4.69, 9.17) is 14.3 Å². The van der Waals surface area contributed by atoms with Crippen LogP contribution in [0, 0.1) is 0 Å². The van der Waals surface area contributed by atoms with Gasteiger partial charge in [-0.25, -0.2) is 14.4 Å². The maximum Gasteiger partial charge on any atom is 0.408 e. The van der Waals surface area contributed by atoms with E-state index in [1.165, 1.54) is 0 Å². The number of hydroxylamine groups is 2. The SMILES string of the molecule is CC(C)(C)OC(=O)NC(CCC(=O)ON1C(=O)CCC1O)C(=O)OC(C)(C)C. The number of nitrogens with zero attached hydrogens (tertiary/aromatic N) is 1. The van der Waals surface area contributed by atoms with Gasteiger partial charge in [-0.15, -0.1) is 5.06 Å². The Morgan fingerprint density at radius 1 is 1.14 bits per heavy atom. The van der Waals surface area contributed by atoms with Crippen LogP contribution in [0.25, 0.3) is 0 Å². The molecule has 0 aromatic heterocycles. The number of carbonyl (C=O) groups excluding carboxylic acids is 4. The molecule has 160 valence electrons. The van der Waals surface area contributed by atoms with Crippen molar-refractivity contribution in [3.05, 3.63) is 0 Å². The first-order valence-electron chi connectivity index (χ1n) is 9.11. The van der Waals surface area contributed by atoms with Gasteiger partial charge in [-0.3, -0.25) is 4.79 Å². The van der Waals surface area contributed by atoms with Gasteiger partial charge in [-0.05, 0) is 48.0 Å². The van der Waals surface area contributed by atoms with E-state index in [0.29, 0.717) is 5.06 Å². The summed E-state index contributed by atoms with van der Waals surface area (Å²) in [6, 6.07) is -1.15. The van der Waals surface area contributed by atoms with Crippen molar-refractivity contribution < 1.29 is 38.6 Å². The summed E-state index contributed by atoms with van der Waals surface area (Å²) in [6.07, 6.45) is -2.19. The second-order valence-corrected chi connectivity index (χ2v) is 8.47. The minimum absolute atomic E-state index is 0.0786. The van der Waals surface area contributed by atoms with Gasteiger partial charge in [0.25, 0.3) is 5.91 Å². The Morgan fingerprint density at radius 2 is 1.71 bits per heavy atom. The van der Waals surface area contributed by atoms with Crippen molar-refractivity contribution in [2.24, 2.45) is 0 Å². The van der Waals surface area contributed by atoms with Crippen LogP contribution in [0.5, 0.6) is 0 Å². The Labute approximate surface area is 164 Å². The fourth-order valence-corrected chi connectivity index (χ4v) is 2.25. The minimum atomic E-state index is -1.18. The van der Waals surface area contributed by atoms with E-state index in [2.05, 4.69) is 5.32 Å². The molecule has 2 N–H and O–H groups in total. The fraction of sp³-hybridized carbons (Fsp3) is 0.778. The maximum atomic E-state index is 12.4. The maximum absolute atomic E-state index is 12.4. The van der Waals surface area contributed by atoms with Crippen molar-refractivity contribution >= 4 is 23.9 Å². The predicted octanol–water partition coefficient (Wildman–Crippen LogP) is 1.40. The van der Waals surface area contributed by atoms with Gasteiger partial charge in [0.2, 0.25) is 0 Å². The number of aliphatic hydroxyl groups is 1. The molecule has 1 fully saturated rings. The summed E-state index contributed by atoms with van der Waals surface area (Å²) in [5.41, 5.74) is -1.56. The van der Waals surface area contributed by atoms with Gasteiger partial charge in [0.15, 0.2) is 6.23 Å². The first-order chi connectivity index (χ1) is 12.7. The molecule has 1 aliphatic rings. The van der Waals surface area contributed by atoms with E-state index in [0.717, 1.165) is 0 Å². The third-order valence-corrected chi connectivity index (χ3v) is 3.35. The summed E-state index contributed by atoms with van der Waals surface area (Å²) >= 11 is 0. The number of aliphatic hydroxyl groups excluding tert-OH is 1. The molecule has 0 aromatic rings. The second kappa shape index (κ2) is 9.22. The van der Waals surface area contributed by atoms with Crippen LogP contribution in [0.3, 0.4) is 0 Å². The van der Waals surface area contributed by atoms with Crippen LogP contribution in [-0.2, 0) is 28.7 Å². The number of ether oxygens (including phenoxy) is 2. The molecule has 0 bridgehead atoms. The zero-order chi connectivity index (χ0) is 21.7. The molecular weight excluding hydrogens is 372 g/mol. The monoisotopic (exact) mass is 402 g/mol. The van der Waals surface area contributed by atoms with E-state index in [-0.39, 0.29) is 25.7 Å². The number of amides is 2. The van der Waals surface area contributed by atoms with Crippen LogP contribution in [0.15, 0.2) is 0 Å². The molecule has 2 amide bonds. The van der Waals surface area contributed by atoms with E-state index in [9.17, 15) is 24.3 Å². The van der Waals surface area contributed by atoms with E-state index in [1.807, 2.05) is 0 Å². The first-order valence-corrected chi connectivity index (χ1v) is 9.11. The number of alkyl carbamates (subject to hydrolysis) is 1. The molecule has 1 heterocycles. The summed E-state index contributed by atoms with van der Waals surface area (Å²) in [4.78, 5) is 52.8. The Balaban J connectivity index is 2.70. The van der Waals surface area contributed by atoms with Gasteiger partial charge in [-0.1, -0.05) is 0 Å². The lowest BCUT2D eigenvalue weighted by molar-refractivity contribution is -0.220. The molecule has 0 radical (unpaired) electrons. The molecule has 0 spiro atoms. The van der Waals surface area contributed by atoms with Crippen LogP contribution in [0.1, 0.15) is 67.2 Å². The molecule has 28 heavy (non-hydrogen) atoms. The normalized spacial score (nSPS) is 18.5. The average molecular weight is 402 g/mol. The lowest BCUT2D eigenvalue weighted by Gasteiger charge is -2.26. The van der Waals surface area contributed by atoms with Gasteiger partial charge < -0.3 is 24.7 Å². The third-order valence-electron chi connectivity index (χ3n) is 3.35. The van der Waals surface area contributed by atoms with Crippen molar-refractivity contribution in [1.29, 1.82) is 0 Å². The van der Waals surface area contributed by atoms with Crippen LogP contribution in [-0.4, -0.2) is 57.6 Å². The summed E-state index contributed by atoms with van der Waals surface area (Å²) in [5.74, 6) is -2.06. The molecule has 0 saturated carbocycles. The lowest BCUT2D eigenvalue weighted by atomic mass is 10.1. The standard InChI is InChI=1S/C18H30N2O8/c1-17(2,3)26-15(24)11(19-16(25)27-18(4,5)6)7-10-14(23)28-20-12(21)8-9-13(20)22/h11-12,21H,7-10H2,1-6H3,(H,19,25). The number of nitrogens with one attached hydrogen (secondary N) is 1. The molecule has 2 unspecified atom stereocenters. The van der Waals surface area contributed by atoms with Crippen molar-refractivity contribution in [2.75, 3.05) is 0 Å². The molecule has 2 atom stereocenters. The van der Waals surface area contributed by atoms with E-state index >= 15 is 0 Å². The molecule has 10 heteroatoms. The highest BCUT2D eigenvalue weighted by atomic mass is 16.7. The predicted molar refractivity (Wildman–Crippen MR) is 96.4 cm³/mol. The second-order valence-electron chi connectivity index (χ2n) is 8.47. The van der Waals surface area contributed by atoms with Crippen LogP contribution < -0.4 is 5.32 Å². The number of esters is 1. The van der Waals surface area contributed by atoms with E-state index in [1.54, 1.807) is 41.5 Å². The van der Waals surface area contributed by atoms with Crippen LogP contribution >= 0.6 is 0 Å². The van der Waals surface area contributed by atoms with Gasteiger partial charge >= 0.3 is 18.0 Å². The van der Waals surface area contributed by atoms with Crippen molar-refractivity contribution in [2.45, 2.75) is 90.7 Å². The molecule has 1 saturated heterocycles. The first kappa shape index (κ1) is 23.7. The van der Waals surface area contributed by atoms with Gasteiger partial charge in [0, 0.05) is 12.8 Å². The zero-order valence-corrected chi connectivity index (χ0v) is 17.2. The van der Waals surface area contributed by atoms with Crippen LogP contribution in [0.4, 0.5) is 4.79 Å². The Kier molecular flexibility index (Phi) is 7.80. The highest BCUT2D eigenvalue weighted by molar-refractivity contribution is 5.83. The number of hydrogen-bond donors (Lipinski definition) is 2. The number of hydrogen-bond acceptors (Lipinski definition) is 8. The number of carbonyl (C=O) groups is 4. The minimum Gasteiger partial charge on any atom is -0.458 e. The lowest BCUT2D eigenvalue weighted by Crippen LogP contribution is -2.46. The molecule has 0 aliphatic carbocycles. The average Bonchev–Trinajstić information content (AvgIpc) is 2.79. The zero-order valence-electron chi connectivity index (χ0n) is 17.2. The Hall–Kier alpha value is -2.36. The van der Waals surface area contributed by atoms with Gasteiger partial charge in [0.05, 0.1) is 6.42 Å². The van der Waals surface area contributed by atoms with Gasteiger partial charge in [-0.2, -0.15) is 0 Å². The van der Waals surface area contributed by atoms with Crippen molar-refractivity contribution in [3.8, 4) is 0 Å². The highest BCUT2D eigenvalue weighted by Gasteiger charge is 2.34. The van der Waals surface area contributed by atoms with Gasteiger partial charge in [0.1, 0.15) is 17.2 Å². The topological polar surface area (TPSA) is 131 Å². The molecule has 10 nitrogen and oxygen atoms in total. The molecule has 1 aliphatic heterocycles. The number of rotatable bonds is 6. The van der Waals surface area contributed by atoms with Crippen LogP contribution in [0.2, 0.25) is 0 Å². The fourth-order valence-electron chi connectivity index (χ4n) is 2.25. The van der Waals surface area contributed by atoms with Crippen molar-refractivity contribution in [3.63, 3.8) is 0 Å². The molecule has 0 aromatic carbocycles. The molecule has 1 rings (SSSR count).